The fourth-order valence-corrected chi connectivity index (χ4v) is 0.381. The van der Waals surface area contributed by atoms with Crippen LogP contribution in [0.4, 0.5) is 5.95 Å². The fraction of sp³-hybridized carbons (Fsp3) is 0.400. The highest BCUT2D eigenvalue weighted by molar-refractivity contribution is 5.67. The minimum atomic E-state index is -1.19. The number of carbonyl (C=O) groups is 1. The van der Waals surface area contributed by atoms with Crippen molar-refractivity contribution in [2.75, 3.05) is 12.3 Å². The first-order valence-electron chi connectivity index (χ1n) is 3.20. The Morgan fingerprint density at radius 1 is 1.54 bits per heavy atom. The lowest BCUT2D eigenvalue weighted by molar-refractivity contribution is -0.140. The van der Waals surface area contributed by atoms with Crippen LogP contribution in [0.15, 0.2) is 0 Å². The molecule has 0 aromatic carbocycles. The van der Waals surface area contributed by atoms with E-state index in [-0.39, 0.29) is 12.6 Å². The minimum absolute atomic E-state index is 0.149. The number of carboxylic acid groups (broad SMARTS) is 1. The molecule has 13 heavy (non-hydrogen) atoms. The van der Waals surface area contributed by atoms with Crippen molar-refractivity contribution in [2.45, 2.75) is 6.61 Å². The van der Waals surface area contributed by atoms with Gasteiger partial charge in [-0.15, -0.1) is 5.10 Å². The number of aliphatic carboxylic acids is 1. The molecule has 0 radical (unpaired) electrons. The monoisotopic (exact) mass is 190 g/mol. The molecule has 0 bridgehead atoms. The Labute approximate surface area is 73.0 Å². The standard InChI is InChI=1S/C3H6N4O.C2H4O3/c4-3-5-2(1-8)6-7-3;3-1-2(4)5/h8H,1H2,(H3,4,5,6,7);3H,1H2,(H,4,5). The molecule has 1 aromatic heterocycles. The topological polar surface area (TPSA) is 145 Å². The summed E-state index contributed by atoms with van der Waals surface area (Å²) in [6, 6.07) is 0. The summed E-state index contributed by atoms with van der Waals surface area (Å²) in [6.07, 6.45) is 0. The van der Waals surface area contributed by atoms with Gasteiger partial charge in [0.15, 0.2) is 5.82 Å². The molecule has 0 spiro atoms. The van der Waals surface area contributed by atoms with Gasteiger partial charge in [-0.2, -0.15) is 4.98 Å². The van der Waals surface area contributed by atoms with Crippen molar-refractivity contribution < 1.29 is 20.1 Å². The van der Waals surface area contributed by atoms with E-state index in [9.17, 15) is 0 Å². The zero-order valence-corrected chi connectivity index (χ0v) is 6.64. The average Bonchev–Trinajstić information content (AvgIpc) is 2.52. The number of nitrogens with zero attached hydrogens (tertiary/aromatic N) is 2. The number of aliphatic hydroxyl groups is 2. The number of anilines is 1. The summed E-state index contributed by atoms with van der Waals surface area (Å²) in [5.74, 6) is -0.637. The first kappa shape index (κ1) is 11.3. The number of hydrogen-bond donors (Lipinski definition) is 5. The fourth-order valence-electron chi connectivity index (χ4n) is 0.381. The van der Waals surface area contributed by atoms with Gasteiger partial charge in [-0.05, 0) is 0 Å². The van der Waals surface area contributed by atoms with E-state index >= 15 is 0 Å². The maximum Gasteiger partial charge on any atom is 0.329 e. The molecule has 0 aliphatic heterocycles. The van der Waals surface area contributed by atoms with E-state index in [4.69, 9.17) is 25.8 Å². The Morgan fingerprint density at radius 2 is 2.08 bits per heavy atom. The molecule has 1 aromatic rings. The van der Waals surface area contributed by atoms with Crippen molar-refractivity contribution in [3.63, 3.8) is 0 Å². The number of aliphatic hydroxyl groups excluding tert-OH is 2. The van der Waals surface area contributed by atoms with Crippen LogP contribution in [0.3, 0.4) is 0 Å². The maximum atomic E-state index is 9.12. The highest BCUT2D eigenvalue weighted by Crippen LogP contribution is 1.89. The lowest BCUT2D eigenvalue weighted by Gasteiger charge is -1.78. The van der Waals surface area contributed by atoms with Crippen LogP contribution in [0.2, 0.25) is 0 Å². The van der Waals surface area contributed by atoms with Gasteiger partial charge in [0.2, 0.25) is 5.95 Å². The Balaban J connectivity index is 0.000000252. The van der Waals surface area contributed by atoms with Gasteiger partial charge >= 0.3 is 5.97 Å². The number of H-pyrrole nitrogens is 1. The Hall–Kier alpha value is -1.67. The summed E-state index contributed by atoms with van der Waals surface area (Å²) < 4.78 is 0. The number of nitrogens with one attached hydrogen (secondary N) is 1. The maximum absolute atomic E-state index is 9.12. The first-order chi connectivity index (χ1) is 6.10. The second kappa shape index (κ2) is 5.91. The molecule has 0 fully saturated rings. The molecule has 1 rings (SSSR count). The first-order valence-corrected chi connectivity index (χ1v) is 3.20. The molecule has 1 heterocycles. The Bertz CT molecular complexity index is 261. The van der Waals surface area contributed by atoms with E-state index in [1.807, 2.05) is 0 Å². The molecule has 74 valence electrons. The molecule has 0 unspecified atom stereocenters. The molecule has 6 N–H and O–H groups in total. The average molecular weight is 190 g/mol. The van der Waals surface area contributed by atoms with Crippen molar-refractivity contribution >= 4 is 11.9 Å². The molecular weight excluding hydrogens is 180 g/mol. The van der Waals surface area contributed by atoms with Gasteiger partial charge in [0.05, 0.1) is 0 Å². The Kier molecular flexibility index (Phi) is 5.15. The number of aromatic nitrogens is 3. The predicted molar refractivity (Wildman–Crippen MR) is 41.4 cm³/mol. The second-order valence-corrected chi connectivity index (χ2v) is 1.85. The number of nitrogen functional groups attached to an aromatic ring is 1. The highest BCUT2D eigenvalue weighted by atomic mass is 16.4. The van der Waals surface area contributed by atoms with Crippen LogP contribution >= 0.6 is 0 Å². The number of aromatic amines is 1. The molecule has 0 saturated heterocycles. The van der Waals surface area contributed by atoms with Crippen molar-refractivity contribution in [1.82, 2.24) is 15.2 Å². The van der Waals surface area contributed by atoms with Crippen LogP contribution in [0.5, 0.6) is 0 Å². The predicted octanol–water partition coefficient (Wildman–Crippen LogP) is -2.06. The highest BCUT2D eigenvalue weighted by Gasteiger charge is 1.93. The number of carboxylic acids is 1. The lowest BCUT2D eigenvalue weighted by Crippen LogP contribution is -1.98. The summed E-state index contributed by atoms with van der Waals surface area (Å²) in [5.41, 5.74) is 5.09. The molecule has 0 aliphatic carbocycles. The normalized spacial score (nSPS) is 8.77. The largest absolute Gasteiger partial charge is 0.480 e. The van der Waals surface area contributed by atoms with Gasteiger partial charge in [-0.1, -0.05) is 0 Å². The third kappa shape index (κ3) is 5.58. The molecule has 0 atom stereocenters. The van der Waals surface area contributed by atoms with Gasteiger partial charge in [0.1, 0.15) is 13.2 Å². The molecule has 8 heteroatoms. The zero-order chi connectivity index (χ0) is 10.3. The second-order valence-electron chi connectivity index (χ2n) is 1.85. The van der Waals surface area contributed by atoms with E-state index < -0.39 is 12.6 Å². The van der Waals surface area contributed by atoms with Crippen molar-refractivity contribution in [3.05, 3.63) is 5.82 Å². The smallest absolute Gasteiger partial charge is 0.329 e. The van der Waals surface area contributed by atoms with Crippen LogP contribution in [0.1, 0.15) is 5.82 Å². The van der Waals surface area contributed by atoms with Crippen LogP contribution in [-0.4, -0.2) is 43.1 Å². The van der Waals surface area contributed by atoms with Crippen LogP contribution in [-0.2, 0) is 11.4 Å². The molecule has 8 nitrogen and oxygen atoms in total. The summed E-state index contributed by atoms with van der Waals surface area (Å²) in [6.45, 7) is -0.926. The van der Waals surface area contributed by atoms with Crippen LogP contribution in [0, 0.1) is 0 Å². The van der Waals surface area contributed by atoms with E-state index in [1.165, 1.54) is 0 Å². The third-order valence-corrected chi connectivity index (χ3v) is 0.834. The Morgan fingerprint density at radius 3 is 2.23 bits per heavy atom. The van der Waals surface area contributed by atoms with E-state index in [1.54, 1.807) is 0 Å². The number of nitrogens with two attached hydrogens (primary N) is 1. The summed E-state index contributed by atoms with van der Waals surface area (Å²) in [4.78, 5) is 12.7. The quantitative estimate of drug-likeness (QED) is 0.360. The minimum Gasteiger partial charge on any atom is -0.480 e. The molecule has 0 saturated carbocycles. The molecule has 0 aliphatic rings. The third-order valence-electron chi connectivity index (χ3n) is 0.834. The molecular formula is C5H10N4O4. The van der Waals surface area contributed by atoms with Crippen molar-refractivity contribution in [2.24, 2.45) is 0 Å². The SMILES string of the molecule is Nc1n[nH]c(CO)n1.O=C(O)CO. The lowest BCUT2D eigenvalue weighted by atomic mass is 10.7. The molecule has 0 amide bonds. The van der Waals surface area contributed by atoms with Gasteiger partial charge in [-0.25, -0.2) is 4.79 Å². The van der Waals surface area contributed by atoms with E-state index in [2.05, 4.69) is 15.2 Å². The van der Waals surface area contributed by atoms with Crippen LogP contribution < -0.4 is 5.73 Å². The number of hydrogen-bond acceptors (Lipinski definition) is 6. The summed E-state index contributed by atoms with van der Waals surface area (Å²) in [5, 5.41) is 29.3. The van der Waals surface area contributed by atoms with Gasteiger partial charge in [0.25, 0.3) is 0 Å². The van der Waals surface area contributed by atoms with Gasteiger partial charge < -0.3 is 21.1 Å². The van der Waals surface area contributed by atoms with E-state index in [0.717, 1.165) is 0 Å². The summed E-state index contributed by atoms with van der Waals surface area (Å²) in [7, 11) is 0. The zero-order valence-electron chi connectivity index (χ0n) is 6.64. The van der Waals surface area contributed by atoms with E-state index in [0.29, 0.717) is 5.82 Å². The number of rotatable bonds is 2. The summed E-state index contributed by atoms with van der Waals surface area (Å²) >= 11 is 0. The van der Waals surface area contributed by atoms with Gasteiger partial charge in [-0.3, -0.25) is 5.10 Å². The van der Waals surface area contributed by atoms with Crippen LogP contribution in [0.25, 0.3) is 0 Å². The van der Waals surface area contributed by atoms with Crippen molar-refractivity contribution in [3.8, 4) is 0 Å². The van der Waals surface area contributed by atoms with Gasteiger partial charge in [0, 0.05) is 0 Å². The van der Waals surface area contributed by atoms with Crippen molar-refractivity contribution in [1.29, 1.82) is 0 Å².